The number of halogens is 2. The maximum atomic E-state index is 13.5. The smallest absolute Gasteiger partial charge is 0.201 e. The van der Waals surface area contributed by atoms with Crippen molar-refractivity contribution in [3.05, 3.63) is 23.8 Å². The molecule has 5 heteroatoms. The molecule has 1 heterocycles. The fraction of sp³-hybridized carbons (Fsp3) is 0.417. The van der Waals surface area contributed by atoms with Crippen LogP contribution in [0.4, 0.5) is 14.7 Å². The zero-order valence-corrected chi connectivity index (χ0v) is 9.45. The Morgan fingerprint density at radius 3 is 2.71 bits per heavy atom. The number of imidazole rings is 1. The molecule has 0 amide bonds. The number of nitrogen functional groups attached to an aromatic ring is 1. The summed E-state index contributed by atoms with van der Waals surface area (Å²) < 4.78 is 28.5. The molecule has 3 rings (SSSR count). The van der Waals surface area contributed by atoms with Crippen LogP contribution in [0.1, 0.15) is 25.8 Å². The molecule has 0 bridgehead atoms. The van der Waals surface area contributed by atoms with Crippen molar-refractivity contribution >= 4 is 17.0 Å². The third-order valence-corrected chi connectivity index (χ3v) is 3.45. The van der Waals surface area contributed by atoms with E-state index in [4.69, 9.17) is 5.73 Å². The molecular formula is C12H13F2N3. The Balaban J connectivity index is 2.20. The van der Waals surface area contributed by atoms with Crippen LogP contribution in [0.3, 0.4) is 0 Å². The van der Waals surface area contributed by atoms with Gasteiger partial charge in [-0.15, -0.1) is 0 Å². The summed E-state index contributed by atoms with van der Waals surface area (Å²) in [5.41, 5.74) is 6.40. The van der Waals surface area contributed by atoms with E-state index in [1.54, 1.807) is 4.57 Å². The van der Waals surface area contributed by atoms with Gasteiger partial charge in [-0.3, -0.25) is 0 Å². The van der Waals surface area contributed by atoms with Crippen LogP contribution < -0.4 is 5.73 Å². The second-order valence-electron chi connectivity index (χ2n) is 4.83. The van der Waals surface area contributed by atoms with Crippen LogP contribution in [0.5, 0.6) is 0 Å². The SMILES string of the molecule is CC1CC(n2c(N)nc3c(F)cc(F)cc32)C1. The maximum absolute atomic E-state index is 13.5. The van der Waals surface area contributed by atoms with E-state index in [1.807, 2.05) is 0 Å². The molecule has 1 saturated carbocycles. The lowest BCUT2D eigenvalue weighted by molar-refractivity contribution is 0.223. The molecule has 1 aliphatic carbocycles. The molecule has 90 valence electrons. The first-order valence-electron chi connectivity index (χ1n) is 5.68. The van der Waals surface area contributed by atoms with E-state index < -0.39 is 11.6 Å². The molecule has 1 aromatic heterocycles. The first kappa shape index (κ1) is 10.5. The lowest BCUT2D eigenvalue weighted by Gasteiger charge is -2.34. The quantitative estimate of drug-likeness (QED) is 0.828. The Bertz CT molecular complexity index is 585. The van der Waals surface area contributed by atoms with E-state index in [2.05, 4.69) is 11.9 Å². The minimum Gasteiger partial charge on any atom is -0.369 e. The van der Waals surface area contributed by atoms with Gasteiger partial charge in [-0.2, -0.15) is 0 Å². The van der Waals surface area contributed by atoms with Gasteiger partial charge < -0.3 is 10.3 Å². The third-order valence-electron chi connectivity index (χ3n) is 3.45. The summed E-state index contributed by atoms with van der Waals surface area (Å²) in [5.74, 6) is -0.349. The molecule has 1 aromatic carbocycles. The number of hydrogen-bond acceptors (Lipinski definition) is 2. The van der Waals surface area contributed by atoms with Crippen LogP contribution in [0, 0.1) is 17.6 Å². The van der Waals surface area contributed by atoms with Gasteiger partial charge in [0.05, 0.1) is 5.52 Å². The Morgan fingerprint density at radius 1 is 1.35 bits per heavy atom. The number of aromatic nitrogens is 2. The van der Waals surface area contributed by atoms with Crippen LogP contribution in [0.15, 0.2) is 12.1 Å². The number of fused-ring (bicyclic) bond motifs is 1. The molecule has 0 spiro atoms. The summed E-state index contributed by atoms with van der Waals surface area (Å²) in [5, 5.41) is 0. The molecule has 2 N–H and O–H groups in total. The molecule has 17 heavy (non-hydrogen) atoms. The van der Waals surface area contributed by atoms with Crippen molar-refractivity contribution in [3.63, 3.8) is 0 Å². The summed E-state index contributed by atoms with van der Waals surface area (Å²) in [6, 6.07) is 2.35. The number of benzene rings is 1. The van der Waals surface area contributed by atoms with E-state index >= 15 is 0 Å². The van der Waals surface area contributed by atoms with Gasteiger partial charge in [0.1, 0.15) is 11.3 Å². The molecule has 0 atom stereocenters. The highest BCUT2D eigenvalue weighted by Gasteiger charge is 2.30. The molecule has 2 aromatic rings. The highest BCUT2D eigenvalue weighted by Crippen LogP contribution is 2.40. The van der Waals surface area contributed by atoms with E-state index in [1.165, 1.54) is 6.07 Å². The molecule has 3 nitrogen and oxygen atoms in total. The average Bonchev–Trinajstić information content (AvgIpc) is 2.51. The van der Waals surface area contributed by atoms with E-state index in [9.17, 15) is 8.78 Å². The van der Waals surface area contributed by atoms with E-state index in [-0.39, 0.29) is 17.5 Å². The van der Waals surface area contributed by atoms with Crippen molar-refractivity contribution in [1.82, 2.24) is 9.55 Å². The molecule has 0 unspecified atom stereocenters. The normalized spacial score (nSPS) is 23.9. The van der Waals surface area contributed by atoms with E-state index in [0.717, 1.165) is 18.9 Å². The van der Waals surface area contributed by atoms with Crippen molar-refractivity contribution in [2.45, 2.75) is 25.8 Å². The molecule has 1 fully saturated rings. The zero-order valence-electron chi connectivity index (χ0n) is 9.45. The Kier molecular flexibility index (Phi) is 2.11. The van der Waals surface area contributed by atoms with Crippen LogP contribution in [-0.2, 0) is 0 Å². The average molecular weight is 237 g/mol. The van der Waals surface area contributed by atoms with Crippen molar-refractivity contribution in [2.75, 3.05) is 5.73 Å². The molecule has 0 aliphatic heterocycles. The van der Waals surface area contributed by atoms with Crippen molar-refractivity contribution < 1.29 is 8.78 Å². The van der Waals surface area contributed by atoms with E-state index in [0.29, 0.717) is 11.4 Å². The summed E-state index contributed by atoms with van der Waals surface area (Å²) >= 11 is 0. The van der Waals surface area contributed by atoms with Gasteiger partial charge in [0.2, 0.25) is 5.95 Å². The predicted octanol–water partition coefficient (Wildman–Crippen LogP) is 2.87. The number of nitrogens with zero attached hydrogens (tertiary/aromatic N) is 2. The Labute approximate surface area is 97.2 Å². The van der Waals surface area contributed by atoms with Crippen LogP contribution >= 0.6 is 0 Å². The number of rotatable bonds is 1. The highest BCUT2D eigenvalue weighted by molar-refractivity contribution is 5.79. The van der Waals surface area contributed by atoms with Gasteiger partial charge in [0, 0.05) is 18.2 Å². The lowest BCUT2D eigenvalue weighted by atomic mass is 9.81. The summed E-state index contributed by atoms with van der Waals surface area (Å²) in [7, 11) is 0. The molecule has 1 aliphatic rings. The summed E-state index contributed by atoms with van der Waals surface area (Å²) in [6.07, 6.45) is 1.96. The van der Waals surface area contributed by atoms with Crippen LogP contribution in [-0.4, -0.2) is 9.55 Å². The number of anilines is 1. The summed E-state index contributed by atoms with van der Waals surface area (Å²) in [4.78, 5) is 3.98. The van der Waals surface area contributed by atoms with Crippen molar-refractivity contribution in [1.29, 1.82) is 0 Å². The second kappa shape index (κ2) is 3.42. The minimum absolute atomic E-state index is 0.156. The third kappa shape index (κ3) is 1.49. The predicted molar refractivity (Wildman–Crippen MR) is 61.5 cm³/mol. The number of nitrogens with two attached hydrogens (primary N) is 1. The first-order chi connectivity index (χ1) is 8.06. The van der Waals surface area contributed by atoms with Gasteiger partial charge in [-0.05, 0) is 18.8 Å². The minimum atomic E-state index is -0.655. The number of hydrogen-bond donors (Lipinski definition) is 1. The monoisotopic (exact) mass is 237 g/mol. The fourth-order valence-electron chi connectivity index (χ4n) is 2.59. The van der Waals surface area contributed by atoms with Crippen LogP contribution in [0.25, 0.3) is 11.0 Å². The molecular weight excluding hydrogens is 224 g/mol. The largest absolute Gasteiger partial charge is 0.369 e. The second-order valence-corrected chi connectivity index (χ2v) is 4.83. The standard InChI is InChI=1S/C12H13F2N3/c1-6-2-8(3-6)17-10-5-7(13)4-9(14)11(10)16-12(17)15/h4-6,8H,2-3H2,1H3,(H2,15,16). The highest BCUT2D eigenvalue weighted by atomic mass is 19.1. The van der Waals surface area contributed by atoms with Crippen molar-refractivity contribution in [2.24, 2.45) is 5.92 Å². The van der Waals surface area contributed by atoms with Gasteiger partial charge in [0.15, 0.2) is 5.82 Å². The van der Waals surface area contributed by atoms with Gasteiger partial charge >= 0.3 is 0 Å². The fourth-order valence-corrected chi connectivity index (χ4v) is 2.59. The van der Waals surface area contributed by atoms with Crippen LogP contribution in [0.2, 0.25) is 0 Å². The van der Waals surface area contributed by atoms with Gasteiger partial charge in [-0.1, -0.05) is 6.92 Å². The maximum Gasteiger partial charge on any atom is 0.201 e. The Morgan fingerprint density at radius 2 is 2.06 bits per heavy atom. The van der Waals surface area contributed by atoms with Crippen molar-refractivity contribution in [3.8, 4) is 0 Å². The Hall–Kier alpha value is -1.65. The lowest BCUT2D eigenvalue weighted by Crippen LogP contribution is -2.25. The zero-order chi connectivity index (χ0) is 12.2. The van der Waals surface area contributed by atoms with Gasteiger partial charge in [-0.25, -0.2) is 13.8 Å². The topological polar surface area (TPSA) is 43.8 Å². The first-order valence-corrected chi connectivity index (χ1v) is 5.68. The summed E-state index contributed by atoms with van der Waals surface area (Å²) in [6.45, 7) is 2.15. The molecule has 0 radical (unpaired) electrons. The molecule has 0 saturated heterocycles. The van der Waals surface area contributed by atoms with Gasteiger partial charge in [0.25, 0.3) is 0 Å².